The summed E-state index contributed by atoms with van der Waals surface area (Å²) in [6.45, 7) is 3.45. The molecule has 1 amide bonds. The standard InChI is InChI=1S/C23H25ClN6O2.C3H4F2O2/c1-14-28-29-23-19(13-21(31)26-11-10-25-2)27-22(15-4-6-16(24)7-5-15)18-12-17(32-3)8-9-20(18)30(14)23;1-3(4,5)2(6)7/h4-9,12,19,25H,10-11,13H2,1-3H3,(H,26,31);1H3,(H,6,7). The monoisotopic (exact) mass is 562 g/mol. The number of fused-ring (bicyclic) bond motifs is 3. The Morgan fingerprint density at radius 1 is 1.15 bits per heavy atom. The molecule has 0 saturated carbocycles. The number of carboxylic acids is 1. The normalized spacial score (nSPS) is 14.1. The van der Waals surface area contributed by atoms with Crippen LogP contribution in [-0.4, -0.2) is 70.6 Å². The van der Waals surface area contributed by atoms with E-state index < -0.39 is 17.9 Å². The number of hydrogen-bond acceptors (Lipinski definition) is 7. The van der Waals surface area contributed by atoms with Crippen LogP contribution < -0.4 is 15.4 Å². The van der Waals surface area contributed by atoms with Gasteiger partial charge in [0.25, 0.3) is 0 Å². The summed E-state index contributed by atoms with van der Waals surface area (Å²) in [7, 11) is 3.47. The van der Waals surface area contributed by atoms with E-state index in [-0.39, 0.29) is 12.3 Å². The van der Waals surface area contributed by atoms with Gasteiger partial charge in [0.1, 0.15) is 17.6 Å². The van der Waals surface area contributed by atoms with Crippen LogP contribution in [0.2, 0.25) is 5.02 Å². The lowest BCUT2D eigenvalue weighted by atomic mass is 10.00. The van der Waals surface area contributed by atoms with Crippen LogP contribution in [0.25, 0.3) is 5.69 Å². The molecular formula is C26H29ClF2N6O4. The van der Waals surface area contributed by atoms with Crippen LogP contribution >= 0.6 is 11.6 Å². The Balaban J connectivity index is 0.000000532. The van der Waals surface area contributed by atoms with Crippen LogP contribution in [0.3, 0.4) is 0 Å². The summed E-state index contributed by atoms with van der Waals surface area (Å²) < 4.78 is 29.9. The van der Waals surface area contributed by atoms with Crippen LogP contribution in [0.5, 0.6) is 5.75 Å². The number of nitrogens with zero attached hydrogens (tertiary/aromatic N) is 4. The highest BCUT2D eigenvalue weighted by atomic mass is 35.5. The zero-order valence-electron chi connectivity index (χ0n) is 21.8. The predicted octanol–water partition coefficient (Wildman–Crippen LogP) is 3.58. The van der Waals surface area contributed by atoms with Gasteiger partial charge in [-0.25, -0.2) is 4.79 Å². The van der Waals surface area contributed by atoms with Gasteiger partial charge in [-0.3, -0.25) is 14.4 Å². The second-order valence-electron chi connectivity index (χ2n) is 8.68. The second kappa shape index (κ2) is 12.8. The number of carbonyl (C=O) groups excluding carboxylic acids is 1. The number of hydrogen-bond donors (Lipinski definition) is 3. The van der Waals surface area contributed by atoms with E-state index >= 15 is 0 Å². The molecule has 1 aliphatic heterocycles. The van der Waals surface area contributed by atoms with Crippen molar-refractivity contribution in [1.82, 2.24) is 25.4 Å². The van der Waals surface area contributed by atoms with Crippen molar-refractivity contribution in [3.63, 3.8) is 0 Å². The molecule has 1 aliphatic rings. The topological polar surface area (TPSA) is 131 Å². The molecule has 0 aliphatic carbocycles. The van der Waals surface area contributed by atoms with Gasteiger partial charge < -0.3 is 20.5 Å². The number of carbonyl (C=O) groups is 2. The first kappa shape index (κ1) is 29.7. The highest BCUT2D eigenvalue weighted by Gasteiger charge is 2.31. The summed E-state index contributed by atoms with van der Waals surface area (Å²) in [4.78, 5) is 27.0. The van der Waals surface area contributed by atoms with Crippen molar-refractivity contribution in [2.75, 3.05) is 27.2 Å². The van der Waals surface area contributed by atoms with Gasteiger partial charge in [-0.2, -0.15) is 8.78 Å². The quantitative estimate of drug-likeness (QED) is 0.358. The Labute approximate surface area is 229 Å². The summed E-state index contributed by atoms with van der Waals surface area (Å²) in [6, 6.07) is 12.8. The summed E-state index contributed by atoms with van der Waals surface area (Å²) in [6.07, 6.45) is 0.157. The zero-order chi connectivity index (χ0) is 28.7. The molecule has 1 atom stereocenters. The molecule has 3 aromatic rings. The highest BCUT2D eigenvalue weighted by molar-refractivity contribution is 6.30. The third-order valence-electron chi connectivity index (χ3n) is 5.70. The number of aliphatic carboxylic acids is 1. The highest BCUT2D eigenvalue weighted by Crippen LogP contribution is 2.34. The molecule has 208 valence electrons. The lowest BCUT2D eigenvalue weighted by Gasteiger charge is -2.14. The maximum absolute atomic E-state index is 12.7. The molecular weight excluding hydrogens is 534 g/mol. The number of aryl methyl sites for hydroxylation is 1. The maximum Gasteiger partial charge on any atom is 0.374 e. The second-order valence-corrected chi connectivity index (χ2v) is 9.11. The first-order valence-electron chi connectivity index (χ1n) is 11.9. The fraction of sp³-hybridized carbons (Fsp3) is 0.346. The Morgan fingerprint density at radius 3 is 2.41 bits per heavy atom. The van der Waals surface area contributed by atoms with Gasteiger partial charge in [-0.15, -0.1) is 10.2 Å². The van der Waals surface area contributed by atoms with Crippen LogP contribution in [0.1, 0.15) is 42.2 Å². The minimum absolute atomic E-state index is 0.0970. The average molecular weight is 563 g/mol. The van der Waals surface area contributed by atoms with E-state index in [2.05, 4.69) is 20.8 Å². The van der Waals surface area contributed by atoms with Gasteiger partial charge in [0.05, 0.1) is 24.9 Å². The van der Waals surface area contributed by atoms with Gasteiger partial charge in [-0.05, 0) is 44.3 Å². The molecule has 2 aromatic carbocycles. The van der Waals surface area contributed by atoms with E-state index in [4.69, 9.17) is 26.4 Å². The Morgan fingerprint density at radius 2 is 1.82 bits per heavy atom. The largest absolute Gasteiger partial charge is 0.497 e. The minimum Gasteiger partial charge on any atom is -0.497 e. The summed E-state index contributed by atoms with van der Waals surface area (Å²) in [5.41, 5.74) is 3.39. The van der Waals surface area contributed by atoms with Crippen molar-refractivity contribution in [2.45, 2.75) is 32.2 Å². The number of alkyl halides is 2. The number of aromatic nitrogens is 3. The molecule has 13 heteroatoms. The zero-order valence-corrected chi connectivity index (χ0v) is 22.6. The van der Waals surface area contributed by atoms with E-state index in [0.29, 0.717) is 36.6 Å². The van der Waals surface area contributed by atoms with Crippen LogP contribution in [0.4, 0.5) is 8.78 Å². The lowest BCUT2D eigenvalue weighted by Crippen LogP contribution is -2.31. The van der Waals surface area contributed by atoms with Gasteiger partial charge in [-0.1, -0.05) is 23.7 Å². The van der Waals surface area contributed by atoms with Crippen LogP contribution in [0.15, 0.2) is 47.5 Å². The van der Waals surface area contributed by atoms with E-state index in [9.17, 15) is 18.4 Å². The number of nitrogens with one attached hydrogen (secondary N) is 2. The third-order valence-corrected chi connectivity index (χ3v) is 5.95. The molecule has 0 fully saturated rings. The van der Waals surface area contributed by atoms with Crippen molar-refractivity contribution in [3.8, 4) is 11.4 Å². The average Bonchev–Trinajstić information content (AvgIpc) is 3.21. The van der Waals surface area contributed by atoms with Crippen molar-refractivity contribution in [1.29, 1.82) is 0 Å². The molecule has 39 heavy (non-hydrogen) atoms. The summed E-state index contributed by atoms with van der Waals surface area (Å²) >= 11 is 6.12. The third kappa shape index (κ3) is 7.36. The van der Waals surface area contributed by atoms with E-state index in [1.54, 1.807) is 7.11 Å². The number of methoxy groups -OCH3 is 1. The number of carboxylic acid groups (broad SMARTS) is 1. The van der Waals surface area contributed by atoms with E-state index in [1.807, 2.05) is 61.0 Å². The number of rotatable bonds is 8. The molecule has 0 bridgehead atoms. The van der Waals surface area contributed by atoms with E-state index in [1.165, 1.54) is 0 Å². The fourth-order valence-electron chi connectivity index (χ4n) is 3.75. The number of amides is 1. The van der Waals surface area contributed by atoms with Crippen molar-refractivity contribution >= 4 is 29.2 Å². The van der Waals surface area contributed by atoms with Gasteiger partial charge in [0.15, 0.2) is 5.82 Å². The number of ether oxygens (including phenoxy) is 1. The number of halogens is 3. The summed E-state index contributed by atoms with van der Waals surface area (Å²) in [5, 5.41) is 22.8. The fourth-order valence-corrected chi connectivity index (χ4v) is 3.88. The maximum atomic E-state index is 12.7. The van der Waals surface area contributed by atoms with Crippen molar-refractivity contribution < 1.29 is 28.2 Å². The lowest BCUT2D eigenvalue weighted by molar-refractivity contribution is -0.161. The molecule has 0 saturated heterocycles. The predicted molar refractivity (Wildman–Crippen MR) is 142 cm³/mol. The first-order valence-corrected chi connectivity index (χ1v) is 12.3. The summed E-state index contributed by atoms with van der Waals surface area (Å²) in [5.74, 6) is -3.71. The van der Waals surface area contributed by atoms with E-state index in [0.717, 1.165) is 28.4 Å². The number of likely N-dealkylation sites (N-methyl/N-ethyl adjacent to an activating group) is 1. The number of aliphatic imine (C=N–C) groups is 1. The SMILES string of the molecule is CC(F)(F)C(=O)O.CNCCNC(=O)CC1N=C(c2ccc(Cl)cc2)c2cc(OC)ccc2-n2c(C)nnc21. The van der Waals surface area contributed by atoms with Crippen LogP contribution in [-0.2, 0) is 9.59 Å². The van der Waals surface area contributed by atoms with Gasteiger partial charge in [0, 0.05) is 36.2 Å². The molecule has 0 spiro atoms. The van der Waals surface area contributed by atoms with Gasteiger partial charge in [0.2, 0.25) is 5.91 Å². The molecule has 10 nitrogen and oxygen atoms in total. The Kier molecular flexibility index (Phi) is 9.71. The minimum atomic E-state index is -3.58. The first-order chi connectivity index (χ1) is 18.5. The smallest absolute Gasteiger partial charge is 0.374 e. The number of benzene rings is 2. The molecule has 1 unspecified atom stereocenters. The Hall–Kier alpha value is -3.90. The van der Waals surface area contributed by atoms with Crippen LogP contribution in [0, 0.1) is 6.92 Å². The van der Waals surface area contributed by atoms with Crippen molar-refractivity contribution in [2.24, 2.45) is 4.99 Å². The van der Waals surface area contributed by atoms with Gasteiger partial charge >= 0.3 is 11.9 Å². The van der Waals surface area contributed by atoms with Crippen molar-refractivity contribution in [3.05, 3.63) is 70.3 Å². The molecule has 1 aromatic heterocycles. The molecule has 0 radical (unpaired) electrons. The molecule has 3 N–H and O–H groups in total. The molecule has 2 heterocycles. The Bertz CT molecular complexity index is 1360. The molecule has 4 rings (SSSR count).